The average Bonchev–Trinajstić information content (AvgIpc) is 2.91. The number of amides is 1. The van der Waals surface area contributed by atoms with Gasteiger partial charge in [0.2, 0.25) is 12.5 Å². The molecule has 0 saturated carbocycles. The molecule has 0 aromatic carbocycles. The van der Waals surface area contributed by atoms with Gasteiger partial charge >= 0.3 is 0 Å². The van der Waals surface area contributed by atoms with E-state index in [0.29, 0.717) is 19.5 Å². The molecule has 2 aliphatic heterocycles. The van der Waals surface area contributed by atoms with Crippen LogP contribution in [0.3, 0.4) is 0 Å². The van der Waals surface area contributed by atoms with Crippen molar-refractivity contribution in [3.63, 3.8) is 0 Å². The van der Waals surface area contributed by atoms with Gasteiger partial charge in [0.05, 0.1) is 17.5 Å². The first-order valence-electron chi connectivity index (χ1n) is 9.53. The quantitative estimate of drug-likeness (QED) is 0.293. The van der Waals surface area contributed by atoms with Crippen molar-refractivity contribution in [1.29, 1.82) is 0 Å². The fraction of sp³-hybridized carbons (Fsp3) is 0.889. The number of carbonyl (C=O) groups excluding carboxylic acids is 1. The number of hydrogen-bond donors (Lipinski definition) is 5. The number of ether oxygens (including phenoxy) is 1. The Hall–Kier alpha value is -0.600. The lowest BCUT2D eigenvalue weighted by Crippen LogP contribution is -2.65. The Kier molecular flexibility index (Phi) is 9.28. The zero-order valence-electron chi connectivity index (χ0n) is 16.1. The summed E-state index contributed by atoms with van der Waals surface area (Å²) in [5.74, 6) is 0.0334. The van der Waals surface area contributed by atoms with Gasteiger partial charge in [-0.1, -0.05) is 0 Å². The molecule has 1 amide bonds. The summed E-state index contributed by atoms with van der Waals surface area (Å²) in [7, 11) is 0. The first-order valence-corrected chi connectivity index (χ1v) is 11.3. The third-order valence-corrected chi connectivity index (χ3v) is 6.60. The van der Waals surface area contributed by atoms with Crippen molar-refractivity contribution >= 4 is 29.3 Å². The second-order valence-corrected chi connectivity index (χ2v) is 9.09. The minimum atomic E-state index is -1.39. The van der Waals surface area contributed by atoms with Gasteiger partial charge in [-0.3, -0.25) is 4.79 Å². The maximum absolute atomic E-state index is 12.8. The van der Waals surface area contributed by atoms with E-state index in [-0.39, 0.29) is 11.8 Å². The second-order valence-electron chi connectivity index (χ2n) is 7.47. The predicted molar refractivity (Wildman–Crippen MR) is 108 cm³/mol. The minimum Gasteiger partial charge on any atom is -0.388 e. The number of thioether (sulfide) groups is 1. The van der Waals surface area contributed by atoms with E-state index in [0.717, 1.165) is 12.8 Å². The van der Waals surface area contributed by atoms with Gasteiger partial charge in [-0.2, -0.15) is 0 Å². The van der Waals surface area contributed by atoms with E-state index < -0.39 is 47.3 Å². The standard InChI is InChI=1S/C18H30ClN3O5S/c1-9(19)12(16-14(24)13(23)15(25)18(27-16)28-3)22-17(26)11-5-4-10(8-20-2)6-7-21-11/h9-16,18,21,23-25H,4-8H2,1,3H3,(H,22,26)/t9?,10-,11?,12?,13?,14?,15?,16?,18?/m1/s1. The van der Waals surface area contributed by atoms with E-state index >= 15 is 0 Å². The van der Waals surface area contributed by atoms with Crippen LogP contribution < -0.4 is 10.6 Å². The van der Waals surface area contributed by atoms with Gasteiger partial charge in [0.1, 0.15) is 29.9 Å². The van der Waals surface area contributed by atoms with Crippen LogP contribution in [0.1, 0.15) is 26.2 Å². The van der Waals surface area contributed by atoms with Gasteiger partial charge in [0, 0.05) is 5.92 Å². The Balaban J connectivity index is 2.05. The second kappa shape index (κ2) is 11.0. The molecule has 2 fully saturated rings. The number of halogens is 1. The third-order valence-electron chi connectivity index (χ3n) is 5.47. The highest BCUT2D eigenvalue weighted by atomic mass is 35.5. The molecule has 0 radical (unpaired) electrons. The molecule has 9 atom stereocenters. The predicted octanol–water partition coefficient (Wildman–Crippen LogP) is -0.0533. The lowest BCUT2D eigenvalue weighted by atomic mass is 9.92. The van der Waals surface area contributed by atoms with Gasteiger partial charge in [-0.05, 0) is 39.0 Å². The largest absolute Gasteiger partial charge is 0.388 e. The van der Waals surface area contributed by atoms with Gasteiger partial charge in [-0.15, -0.1) is 23.4 Å². The highest BCUT2D eigenvalue weighted by molar-refractivity contribution is 7.99. The molecule has 5 N–H and O–H groups in total. The molecule has 160 valence electrons. The van der Waals surface area contributed by atoms with Crippen LogP contribution in [-0.4, -0.2) is 87.9 Å². The van der Waals surface area contributed by atoms with Crippen LogP contribution in [0.4, 0.5) is 0 Å². The Bertz CT molecular complexity index is 562. The molecule has 0 aliphatic carbocycles. The molecule has 2 heterocycles. The molecule has 8 nitrogen and oxygen atoms in total. The van der Waals surface area contributed by atoms with Crippen molar-refractivity contribution in [2.45, 2.75) is 73.5 Å². The lowest BCUT2D eigenvalue weighted by molar-refractivity contribution is -0.205. The van der Waals surface area contributed by atoms with Crippen molar-refractivity contribution in [3.05, 3.63) is 11.4 Å². The number of nitrogens with one attached hydrogen (secondary N) is 2. The molecule has 10 heteroatoms. The number of aliphatic hydroxyl groups is 3. The van der Waals surface area contributed by atoms with Crippen molar-refractivity contribution in [2.24, 2.45) is 5.92 Å². The maximum atomic E-state index is 12.8. The Labute approximate surface area is 175 Å². The van der Waals surface area contributed by atoms with Crippen molar-refractivity contribution in [3.8, 4) is 0 Å². The number of aliphatic hydroxyl groups excluding tert-OH is 3. The highest BCUT2D eigenvalue weighted by Crippen LogP contribution is 2.30. The summed E-state index contributed by atoms with van der Waals surface area (Å²) in [6.45, 7) is 9.82. The summed E-state index contributed by atoms with van der Waals surface area (Å²) in [5, 5.41) is 36.1. The molecular weight excluding hydrogens is 406 g/mol. The summed E-state index contributed by atoms with van der Waals surface area (Å²) in [6, 6.07) is -1.16. The molecule has 2 rings (SSSR count). The van der Waals surface area contributed by atoms with Crippen LogP contribution in [0.25, 0.3) is 4.85 Å². The van der Waals surface area contributed by atoms with Crippen LogP contribution in [0.5, 0.6) is 0 Å². The monoisotopic (exact) mass is 435 g/mol. The number of nitrogens with zero attached hydrogens (tertiary/aromatic N) is 1. The zero-order valence-corrected chi connectivity index (χ0v) is 17.7. The molecule has 0 bridgehead atoms. The Morgan fingerprint density at radius 3 is 2.64 bits per heavy atom. The van der Waals surface area contributed by atoms with Crippen molar-refractivity contribution in [1.82, 2.24) is 10.6 Å². The number of hydrogen-bond acceptors (Lipinski definition) is 7. The van der Waals surface area contributed by atoms with Crippen LogP contribution in [-0.2, 0) is 9.53 Å². The van der Waals surface area contributed by atoms with Gasteiger partial charge < -0.3 is 35.5 Å². The number of rotatable bonds is 6. The van der Waals surface area contributed by atoms with Crippen LogP contribution in [0, 0.1) is 12.5 Å². The van der Waals surface area contributed by atoms with E-state index in [1.54, 1.807) is 13.2 Å². The highest BCUT2D eigenvalue weighted by Gasteiger charge is 2.48. The maximum Gasteiger partial charge on any atom is 0.237 e. The Morgan fingerprint density at radius 1 is 1.32 bits per heavy atom. The summed E-state index contributed by atoms with van der Waals surface area (Å²) in [5.41, 5.74) is -0.733. The van der Waals surface area contributed by atoms with Gasteiger partial charge in [0.25, 0.3) is 0 Å². The summed E-state index contributed by atoms with van der Waals surface area (Å²) >= 11 is 7.50. The SMILES string of the molecule is [C-]#[N+]C[C@H]1CCNC(C(=O)NC(C(C)Cl)C2OC(SC)C(O)C(O)C2O)CC1. The molecule has 8 unspecified atom stereocenters. The number of carbonyl (C=O) groups is 1. The van der Waals surface area contributed by atoms with Crippen LogP contribution in [0.15, 0.2) is 0 Å². The molecule has 2 saturated heterocycles. The smallest absolute Gasteiger partial charge is 0.237 e. The molecule has 2 aliphatic rings. The lowest BCUT2D eigenvalue weighted by Gasteiger charge is -2.44. The topological polar surface area (TPSA) is 115 Å². The average molecular weight is 436 g/mol. The molecule has 0 aromatic rings. The van der Waals surface area contributed by atoms with Crippen LogP contribution >= 0.6 is 23.4 Å². The van der Waals surface area contributed by atoms with Crippen LogP contribution in [0.2, 0.25) is 0 Å². The van der Waals surface area contributed by atoms with E-state index in [9.17, 15) is 20.1 Å². The van der Waals surface area contributed by atoms with Crippen molar-refractivity contribution in [2.75, 3.05) is 19.3 Å². The Morgan fingerprint density at radius 2 is 2.04 bits per heavy atom. The van der Waals surface area contributed by atoms with E-state index in [4.69, 9.17) is 22.9 Å². The fourth-order valence-electron chi connectivity index (χ4n) is 3.73. The zero-order chi connectivity index (χ0) is 20.8. The summed E-state index contributed by atoms with van der Waals surface area (Å²) in [4.78, 5) is 16.3. The first-order chi connectivity index (χ1) is 13.3. The molecule has 0 aromatic heterocycles. The number of alkyl halides is 1. The van der Waals surface area contributed by atoms with Gasteiger partial charge in [-0.25, -0.2) is 6.57 Å². The summed E-state index contributed by atoms with van der Waals surface area (Å²) in [6.07, 6.45) is -0.979. The van der Waals surface area contributed by atoms with E-state index in [1.807, 2.05) is 0 Å². The normalized spacial score (nSPS) is 38.7. The third kappa shape index (κ3) is 5.72. The van der Waals surface area contributed by atoms with Crippen molar-refractivity contribution < 1.29 is 24.9 Å². The minimum absolute atomic E-state index is 0.252. The van der Waals surface area contributed by atoms with E-state index in [1.165, 1.54) is 11.8 Å². The molecule has 28 heavy (non-hydrogen) atoms. The van der Waals surface area contributed by atoms with E-state index in [2.05, 4.69) is 15.5 Å². The molecule has 0 spiro atoms. The van der Waals surface area contributed by atoms with Gasteiger partial charge in [0.15, 0.2) is 0 Å². The summed E-state index contributed by atoms with van der Waals surface area (Å²) < 4.78 is 5.77. The first kappa shape index (κ1) is 23.7. The molecular formula is C18H30ClN3O5S. The fourth-order valence-corrected chi connectivity index (χ4v) is 4.62.